The number of ether oxygens (including phenoxy) is 2. The lowest BCUT2D eigenvalue weighted by Gasteiger charge is -2.24. The molecule has 112 valence electrons. The number of rotatable bonds is 5. The molecular weight excluding hydrogens is 294 g/mol. The smallest absolute Gasteiger partial charge is 0.313 e. The molecule has 1 aliphatic heterocycles. The molecule has 3 rings (SSSR count). The number of imidazole rings is 1. The predicted molar refractivity (Wildman–Crippen MR) is 76.4 cm³/mol. The minimum absolute atomic E-state index is 0.0290. The summed E-state index contributed by atoms with van der Waals surface area (Å²) >= 11 is 1.20. The Bertz CT molecular complexity index is 639. The Labute approximate surface area is 125 Å². The van der Waals surface area contributed by atoms with Crippen molar-refractivity contribution in [3.8, 4) is 0 Å². The Kier molecular flexibility index (Phi) is 4.37. The lowest BCUT2D eigenvalue weighted by Crippen LogP contribution is -2.32. The van der Waals surface area contributed by atoms with Crippen molar-refractivity contribution < 1.29 is 19.4 Å². The van der Waals surface area contributed by atoms with Crippen LogP contribution in [0, 0.1) is 0 Å². The molecule has 3 heterocycles. The van der Waals surface area contributed by atoms with Gasteiger partial charge in [-0.3, -0.25) is 9.78 Å². The summed E-state index contributed by atoms with van der Waals surface area (Å²) in [6.45, 7) is 2.32. The summed E-state index contributed by atoms with van der Waals surface area (Å²) in [5.41, 5.74) is 1.68. The van der Waals surface area contributed by atoms with Gasteiger partial charge >= 0.3 is 5.97 Å². The van der Waals surface area contributed by atoms with E-state index in [9.17, 15) is 4.79 Å². The highest BCUT2D eigenvalue weighted by Crippen LogP contribution is 2.24. The number of aliphatic carboxylic acids is 1. The average Bonchev–Trinajstić information content (AvgIpc) is 2.84. The van der Waals surface area contributed by atoms with Crippen molar-refractivity contribution in [1.82, 2.24) is 14.5 Å². The molecule has 1 fully saturated rings. The van der Waals surface area contributed by atoms with E-state index in [1.807, 2.05) is 10.6 Å². The number of aromatic nitrogens is 3. The van der Waals surface area contributed by atoms with Gasteiger partial charge in [0.05, 0.1) is 49.9 Å². The Balaban J connectivity index is 1.88. The van der Waals surface area contributed by atoms with Gasteiger partial charge in [-0.05, 0) is 6.07 Å². The first-order chi connectivity index (χ1) is 10.2. The van der Waals surface area contributed by atoms with Gasteiger partial charge in [0.2, 0.25) is 0 Å². The molecule has 1 N–H and O–H groups in total. The molecule has 1 aliphatic rings. The topological polar surface area (TPSA) is 86.5 Å². The maximum Gasteiger partial charge on any atom is 0.313 e. The number of nitrogens with zero attached hydrogens (tertiary/aromatic N) is 3. The van der Waals surface area contributed by atoms with Crippen LogP contribution in [0.25, 0.3) is 11.0 Å². The van der Waals surface area contributed by atoms with Crippen molar-refractivity contribution in [2.45, 2.75) is 17.8 Å². The molecule has 0 spiro atoms. The van der Waals surface area contributed by atoms with E-state index < -0.39 is 5.97 Å². The van der Waals surface area contributed by atoms with Crippen molar-refractivity contribution >= 4 is 28.8 Å². The van der Waals surface area contributed by atoms with Gasteiger partial charge in [-0.25, -0.2) is 4.98 Å². The second kappa shape index (κ2) is 6.42. The number of carboxylic acids is 1. The van der Waals surface area contributed by atoms with Crippen LogP contribution in [0.2, 0.25) is 0 Å². The van der Waals surface area contributed by atoms with Gasteiger partial charge in [-0.15, -0.1) is 0 Å². The van der Waals surface area contributed by atoms with Gasteiger partial charge in [0, 0.05) is 6.20 Å². The van der Waals surface area contributed by atoms with Gasteiger partial charge in [0.25, 0.3) is 0 Å². The molecule has 2 aromatic heterocycles. The molecule has 21 heavy (non-hydrogen) atoms. The molecule has 0 aliphatic carbocycles. The predicted octanol–water partition coefficient (Wildman–Crippen LogP) is 1.02. The van der Waals surface area contributed by atoms with Gasteiger partial charge in [-0.1, -0.05) is 11.8 Å². The average molecular weight is 309 g/mol. The van der Waals surface area contributed by atoms with Crippen molar-refractivity contribution in [3.63, 3.8) is 0 Å². The third-order valence-electron chi connectivity index (χ3n) is 3.11. The Hall–Kier alpha value is -1.64. The third-order valence-corrected chi connectivity index (χ3v) is 4.07. The van der Waals surface area contributed by atoms with Crippen LogP contribution in [-0.4, -0.2) is 57.3 Å². The van der Waals surface area contributed by atoms with Crippen molar-refractivity contribution in [1.29, 1.82) is 0 Å². The molecule has 1 saturated heterocycles. The molecule has 7 nitrogen and oxygen atoms in total. The summed E-state index contributed by atoms with van der Waals surface area (Å²) in [5.74, 6) is -0.896. The Morgan fingerprint density at radius 1 is 1.52 bits per heavy atom. The number of hydrogen-bond donors (Lipinski definition) is 1. The highest BCUT2D eigenvalue weighted by molar-refractivity contribution is 7.99. The zero-order chi connectivity index (χ0) is 14.7. The van der Waals surface area contributed by atoms with E-state index in [-0.39, 0.29) is 11.9 Å². The van der Waals surface area contributed by atoms with E-state index in [1.165, 1.54) is 11.8 Å². The lowest BCUT2D eigenvalue weighted by molar-refractivity contribution is -0.133. The monoisotopic (exact) mass is 309 g/mol. The number of thioether (sulfide) groups is 1. The maximum atomic E-state index is 10.8. The van der Waals surface area contributed by atoms with Crippen LogP contribution in [0.5, 0.6) is 0 Å². The quantitative estimate of drug-likeness (QED) is 0.825. The first-order valence-corrected chi connectivity index (χ1v) is 7.57. The molecule has 1 unspecified atom stereocenters. The third kappa shape index (κ3) is 3.34. The van der Waals surface area contributed by atoms with Crippen molar-refractivity contribution in [3.05, 3.63) is 18.5 Å². The van der Waals surface area contributed by atoms with E-state index in [0.717, 1.165) is 11.0 Å². The summed E-state index contributed by atoms with van der Waals surface area (Å²) < 4.78 is 13.1. The molecule has 1 atom stereocenters. The number of pyridine rings is 1. The molecule has 0 radical (unpaired) electrons. The highest BCUT2D eigenvalue weighted by Gasteiger charge is 2.19. The van der Waals surface area contributed by atoms with E-state index in [4.69, 9.17) is 14.6 Å². The van der Waals surface area contributed by atoms with Crippen LogP contribution in [0.4, 0.5) is 0 Å². The van der Waals surface area contributed by atoms with Gasteiger partial charge in [0.15, 0.2) is 5.16 Å². The summed E-state index contributed by atoms with van der Waals surface area (Å²) in [6.07, 6.45) is 3.33. The van der Waals surface area contributed by atoms with E-state index in [0.29, 0.717) is 31.5 Å². The summed E-state index contributed by atoms with van der Waals surface area (Å²) in [4.78, 5) is 19.3. The summed E-state index contributed by atoms with van der Waals surface area (Å²) in [6, 6.07) is 1.87. The van der Waals surface area contributed by atoms with Crippen LogP contribution in [0.3, 0.4) is 0 Å². The standard InChI is InChI=1S/C13H15N3O4S/c17-12(18)8-21-13-15-10-5-14-2-1-11(10)16(13)6-9-7-19-3-4-20-9/h1-2,5,9H,3-4,6-8H2,(H,17,18). The number of carbonyl (C=O) groups is 1. The molecule has 0 saturated carbocycles. The minimum atomic E-state index is -0.867. The van der Waals surface area contributed by atoms with Gasteiger partial charge in [-0.2, -0.15) is 0 Å². The Morgan fingerprint density at radius 3 is 3.19 bits per heavy atom. The van der Waals surface area contributed by atoms with Crippen LogP contribution in [0.1, 0.15) is 0 Å². The van der Waals surface area contributed by atoms with Gasteiger partial charge < -0.3 is 19.1 Å². The molecule has 0 amide bonds. The largest absolute Gasteiger partial charge is 0.481 e. The fourth-order valence-corrected chi connectivity index (χ4v) is 2.96. The van der Waals surface area contributed by atoms with Crippen LogP contribution in [-0.2, 0) is 20.8 Å². The first-order valence-electron chi connectivity index (χ1n) is 6.58. The van der Waals surface area contributed by atoms with Crippen LogP contribution in [0.15, 0.2) is 23.6 Å². The fourth-order valence-electron chi connectivity index (χ4n) is 2.22. The zero-order valence-electron chi connectivity index (χ0n) is 11.3. The number of hydrogen-bond acceptors (Lipinski definition) is 6. The van der Waals surface area contributed by atoms with E-state index in [2.05, 4.69) is 9.97 Å². The van der Waals surface area contributed by atoms with E-state index in [1.54, 1.807) is 12.4 Å². The fraction of sp³-hybridized carbons (Fsp3) is 0.462. The summed E-state index contributed by atoms with van der Waals surface area (Å²) in [5, 5.41) is 9.51. The lowest BCUT2D eigenvalue weighted by atomic mass is 10.3. The van der Waals surface area contributed by atoms with Crippen molar-refractivity contribution in [2.24, 2.45) is 0 Å². The second-order valence-electron chi connectivity index (χ2n) is 4.62. The van der Waals surface area contributed by atoms with Crippen LogP contribution >= 0.6 is 11.8 Å². The highest BCUT2D eigenvalue weighted by atomic mass is 32.2. The second-order valence-corrected chi connectivity index (χ2v) is 5.56. The molecule has 8 heteroatoms. The van der Waals surface area contributed by atoms with Crippen molar-refractivity contribution in [2.75, 3.05) is 25.6 Å². The molecule has 2 aromatic rings. The number of fused-ring (bicyclic) bond motifs is 1. The molecule has 0 aromatic carbocycles. The van der Waals surface area contributed by atoms with Gasteiger partial charge in [0.1, 0.15) is 5.52 Å². The molecule has 0 bridgehead atoms. The summed E-state index contributed by atoms with van der Waals surface area (Å²) in [7, 11) is 0. The van der Waals surface area contributed by atoms with Crippen LogP contribution < -0.4 is 0 Å². The number of carboxylic acid groups (broad SMARTS) is 1. The first kappa shape index (κ1) is 14.3. The minimum Gasteiger partial charge on any atom is -0.481 e. The maximum absolute atomic E-state index is 10.8. The Morgan fingerprint density at radius 2 is 2.43 bits per heavy atom. The zero-order valence-corrected chi connectivity index (χ0v) is 12.1. The normalized spacial score (nSPS) is 19.0. The van der Waals surface area contributed by atoms with E-state index >= 15 is 0 Å². The molecular formula is C13H15N3O4S. The SMILES string of the molecule is O=C(O)CSc1nc2cnccc2n1CC1COCCO1.